The molecule has 9 heteroatoms. The first-order valence-corrected chi connectivity index (χ1v) is 8.84. The summed E-state index contributed by atoms with van der Waals surface area (Å²) < 4.78 is 6.73. The summed E-state index contributed by atoms with van der Waals surface area (Å²) in [5, 5.41) is 8.98. The van der Waals surface area contributed by atoms with Gasteiger partial charge in [0.15, 0.2) is 0 Å². The summed E-state index contributed by atoms with van der Waals surface area (Å²) in [5.41, 5.74) is 14.0. The van der Waals surface area contributed by atoms with Crippen LogP contribution in [0.25, 0.3) is 22.0 Å². The molecule has 3 aromatic heterocycles. The third-order valence-corrected chi connectivity index (χ3v) is 4.59. The molecular formula is C20H18N6O3. The quantitative estimate of drug-likeness (QED) is 0.533. The smallest absolute Gasteiger partial charge is 0.267 e. The van der Waals surface area contributed by atoms with E-state index in [2.05, 4.69) is 15.2 Å². The minimum absolute atomic E-state index is 0.0302. The molecule has 0 aliphatic heterocycles. The Bertz CT molecular complexity index is 1270. The fourth-order valence-electron chi connectivity index (χ4n) is 3.41. The number of carbonyl (C=O) groups excluding carboxylic acids is 2. The topological polar surface area (TPSA) is 143 Å². The van der Waals surface area contributed by atoms with Crippen molar-refractivity contribution in [2.75, 3.05) is 0 Å². The van der Waals surface area contributed by atoms with Crippen LogP contribution >= 0.6 is 0 Å². The highest BCUT2D eigenvalue weighted by Crippen LogP contribution is 2.33. The number of benzene rings is 1. The van der Waals surface area contributed by atoms with Gasteiger partial charge in [-0.1, -0.05) is 23.4 Å². The number of nitrogens with two attached hydrogens (primary N) is 2. The molecule has 3 heterocycles. The van der Waals surface area contributed by atoms with Crippen molar-refractivity contribution in [2.24, 2.45) is 11.5 Å². The molecule has 0 bridgehead atoms. The van der Waals surface area contributed by atoms with Crippen LogP contribution in [-0.2, 0) is 6.54 Å². The summed E-state index contributed by atoms with van der Waals surface area (Å²) in [6.07, 6.45) is 1.71. The number of amides is 2. The van der Waals surface area contributed by atoms with Gasteiger partial charge in [0.1, 0.15) is 17.1 Å². The molecule has 9 nitrogen and oxygen atoms in total. The monoisotopic (exact) mass is 390 g/mol. The summed E-state index contributed by atoms with van der Waals surface area (Å²) in [7, 11) is 0. The Morgan fingerprint density at radius 2 is 1.90 bits per heavy atom. The lowest BCUT2D eigenvalue weighted by Crippen LogP contribution is -2.20. The van der Waals surface area contributed by atoms with Gasteiger partial charge in [-0.2, -0.15) is 5.10 Å². The van der Waals surface area contributed by atoms with Crippen LogP contribution in [0.15, 0.2) is 41.1 Å². The van der Waals surface area contributed by atoms with Gasteiger partial charge in [-0.15, -0.1) is 0 Å². The van der Waals surface area contributed by atoms with Crippen molar-refractivity contribution < 1.29 is 14.1 Å². The van der Waals surface area contributed by atoms with Crippen molar-refractivity contribution in [2.45, 2.75) is 20.4 Å². The molecule has 0 fully saturated rings. The van der Waals surface area contributed by atoms with Crippen molar-refractivity contribution in [3.63, 3.8) is 0 Å². The Labute approximate surface area is 165 Å². The largest absolute Gasteiger partial charge is 0.366 e. The Hall–Kier alpha value is -4.01. The number of rotatable bonds is 5. The van der Waals surface area contributed by atoms with Crippen molar-refractivity contribution >= 4 is 22.7 Å². The number of nitrogens with zero attached hydrogens (tertiary/aromatic N) is 4. The highest BCUT2D eigenvalue weighted by molar-refractivity contribution is 6.15. The summed E-state index contributed by atoms with van der Waals surface area (Å²) in [6.45, 7) is 3.93. The second-order valence-electron chi connectivity index (χ2n) is 6.71. The van der Waals surface area contributed by atoms with E-state index in [4.69, 9.17) is 16.0 Å². The van der Waals surface area contributed by atoms with Crippen molar-refractivity contribution in [3.05, 3.63) is 64.9 Å². The molecule has 0 radical (unpaired) electrons. The molecule has 1 aromatic carbocycles. The van der Waals surface area contributed by atoms with Gasteiger partial charge in [0.2, 0.25) is 5.91 Å². The SMILES string of the molecule is Cc1cc(Cn2cc(-c3c(C(N)=O)nc4ccccc4c3C(N)=O)c(C)n2)no1. The molecule has 0 aliphatic rings. The lowest BCUT2D eigenvalue weighted by molar-refractivity contribution is 0.0996. The van der Waals surface area contributed by atoms with Gasteiger partial charge in [0.05, 0.1) is 23.3 Å². The zero-order chi connectivity index (χ0) is 20.7. The van der Waals surface area contributed by atoms with E-state index in [-0.39, 0.29) is 16.8 Å². The molecule has 4 rings (SSSR count). The molecule has 29 heavy (non-hydrogen) atoms. The van der Waals surface area contributed by atoms with Gasteiger partial charge >= 0.3 is 0 Å². The molecule has 2 amide bonds. The summed E-state index contributed by atoms with van der Waals surface area (Å²) in [4.78, 5) is 29.0. The van der Waals surface area contributed by atoms with E-state index in [9.17, 15) is 9.59 Å². The van der Waals surface area contributed by atoms with Crippen LogP contribution in [0.4, 0.5) is 0 Å². The third-order valence-electron chi connectivity index (χ3n) is 4.59. The second-order valence-corrected chi connectivity index (χ2v) is 6.71. The Morgan fingerprint density at radius 1 is 1.14 bits per heavy atom. The van der Waals surface area contributed by atoms with E-state index in [0.717, 1.165) is 0 Å². The maximum Gasteiger partial charge on any atom is 0.267 e. The average Bonchev–Trinajstić information content (AvgIpc) is 3.24. The minimum atomic E-state index is -0.757. The zero-order valence-electron chi connectivity index (χ0n) is 15.8. The minimum Gasteiger partial charge on any atom is -0.366 e. The van der Waals surface area contributed by atoms with Crippen LogP contribution < -0.4 is 11.5 Å². The number of hydrogen-bond acceptors (Lipinski definition) is 6. The van der Waals surface area contributed by atoms with Gasteiger partial charge < -0.3 is 16.0 Å². The Kier molecular flexibility index (Phi) is 4.34. The summed E-state index contributed by atoms with van der Waals surface area (Å²) >= 11 is 0. The maximum absolute atomic E-state index is 12.4. The predicted octanol–water partition coefficient (Wildman–Crippen LogP) is 1.95. The van der Waals surface area contributed by atoms with Crippen molar-refractivity contribution in [3.8, 4) is 11.1 Å². The molecule has 0 unspecified atom stereocenters. The Morgan fingerprint density at radius 3 is 2.55 bits per heavy atom. The number of primary amides is 2. The molecule has 0 saturated carbocycles. The van der Waals surface area contributed by atoms with Gasteiger partial charge in [-0.05, 0) is 19.9 Å². The number of fused-ring (bicyclic) bond motifs is 1. The lowest BCUT2D eigenvalue weighted by atomic mass is 9.94. The molecular weight excluding hydrogens is 372 g/mol. The van der Waals surface area contributed by atoms with Crippen LogP contribution in [0.1, 0.15) is 38.0 Å². The van der Waals surface area contributed by atoms with Crippen molar-refractivity contribution in [1.29, 1.82) is 0 Å². The van der Waals surface area contributed by atoms with Gasteiger partial charge in [0.25, 0.3) is 5.91 Å². The second kappa shape index (κ2) is 6.86. The van der Waals surface area contributed by atoms with Gasteiger partial charge in [-0.3, -0.25) is 14.3 Å². The first-order valence-electron chi connectivity index (χ1n) is 8.84. The Balaban J connectivity index is 1.95. The lowest BCUT2D eigenvalue weighted by Gasteiger charge is -2.13. The molecule has 4 aromatic rings. The van der Waals surface area contributed by atoms with Crippen LogP contribution in [0.3, 0.4) is 0 Å². The van der Waals surface area contributed by atoms with Crippen LogP contribution in [0.2, 0.25) is 0 Å². The van der Waals surface area contributed by atoms with Crippen LogP contribution in [0, 0.1) is 13.8 Å². The number of carbonyl (C=O) groups is 2. The first-order chi connectivity index (χ1) is 13.8. The van der Waals surface area contributed by atoms with Gasteiger partial charge in [-0.25, -0.2) is 4.98 Å². The standard InChI is InChI=1S/C20H18N6O3/c1-10-7-12(25-29-10)8-26-9-14(11(2)24-26)16-17(19(21)27)13-5-3-4-6-15(13)23-18(16)20(22)28/h3-7,9H,8H2,1-2H3,(H2,21,27)(H2,22,28). The van der Waals surface area contributed by atoms with E-state index < -0.39 is 11.8 Å². The maximum atomic E-state index is 12.4. The molecule has 146 valence electrons. The molecule has 0 aliphatic carbocycles. The van der Waals surface area contributed by atoms with E-state index in [1.807, 2.05) is 0 Å². The van der Waals surface area contributed by atoms with Crippen LogP contribution in [-0.4, -0.2) is 31.7 Å². The molecule has 0 atom stereocenters. The fourth-order valence-corrected chi connectivity index (χ4v) is 3.41. The average molecular weight is 390 g/mol. The van der Waals surface area contributed by atoms with E-state index in [1.54, 1.807) is 55.1 Å². The van der Waals surface area contributed by atoms with E-state index >= 15 is 0 Å². The fraction of sp³-hybridized carbons (Fsp3) is 0.150. The molecule has 0 spiro atoms. The van der Waals surface area contributed by atoms with E-state index in [1.165, 1.54) is 0 Å². The number of hydrogen-bond donors (Lipinski definition) is 2. The summed E-state index contributed by atoms with van der Waals surface area (Å²) in [6, 6.07) is 8.76. The number of aryl methyl sites for hydroxylation is 2. The normalized spacial score (nSPS) is 11.1. The van der Waals surface area contributed by atoms with E-state index in [0.29, 0.717) is 40.2 Å². The third kappa shape index (κ3) is 3.22. The number of aromatic nitrogens is 4. The number of pyridine rings is 1. The predicted molar refractivity (Wildman–Crippen MR) is 105 cm³/mol. The van der Waals surface area contributed by atoms with Crippen LogP contribution in [0.5, 0.6) is 0 Å². The molecule has 4 N–H and O–H groups in total. The zero-order valence-corrected chi connectivity index (χ0v) is 15.8. The highest BCUT2D eigenvalue weighted by Gasteiger charge is 2.25. The first kappa shape index (κ1) is 18.4. The van der Waals surface area contributed by atoms with Gasteiger partial charge in [0, 0.05) is 28.8 Å². The highest BCUT2D eigenvalue weighted by atomic mass is 16.5. The van der Waals surface area contributed by atoms with Crippen molar-refractivity contribution in [1.82, 2.24) is 19.9 Å². The number of para-hydroxylation sites is 1. The molecule has 0 saturated heterocycles. The summed E-state index contributed by atoms with van der Waals surface area (Å²) in [5.74, 6) is -0.747.